The second kappa shape index (κ2) is 3.92. The molecular weight excluding hydrogens is 164 g/mol. The topological polar surface area (TPSA) is 38.1 Å². The highest BCUT2D eigenvalue weighted by Crippen LogP contribution is 2.18. The van der Waals surface area contributed by atoms with Crippen molar-refractivity contribution in [2.75, 3.05) is 13.1 Å². The third-order valence-electron chi connectivity index (χ3n) is 2.75. The first-order valence-electron chi connectivity index (χ1n) is 5.03. The first-order valence-corrected chi connectivity index (χ1v) is 5.03. The number of aromatic nitrogens is 1. The number of aryl methyl sites for hydroxylation is 1. The molecule has 1 saturated heterocycles. The van der Waals surface area contributed by atoms with E-state index < -0.39 is 0 Å². The van der Waals surface area contributed by atoms with Crippen molar-refractivity contribution < 1.29 is 4.52 Å². The fourth-order valence-electron chi connectivity index (χ4n) is 1.89. The fraction of sp³-hybridized carbons (Fsp3) is 0.700. The van der Waals surface area contributed by atoms with Crippen LogP contribution in [0, 0.1) is 5.92 Å². The van der Waals surface area contributed by atoms with Crippen molar-refractivity contribution >= 4 is 0 Å². The fourth-order valence-corrected chi connectivity index (χ4v) is 1.89. The third-order valence-corrected chi connectivity index (χ3v) is 2.75. The molecule has 1 atom stereocenters. The molecule has 2 rings (SSSR count). The van der Waals surface area contributed by atoms with Crippen molar-refractivity contribution in [1.82, 2.24) is 10.5 Å². The highest BCUT2D eigenvalue weighted by Gasteiger charge is 2.18. The molecule has 0 radical (unpaired) electrons. The summed E-state index contributed by atoms with van der Waals surface area (Å²) < 4.78 is 5.24. The van der Waals surface area contributed by atoms with Crippen LogP contribution in [0.5, 0.6) is 0 Å². The summed E-state index contributed by atoms with van der Waals surface area (Å²) in [4.78, 5) is 0. The average molecular weight is 180 g/mol. The van der Waals surface area contributed by atoms with Crippen LogP contribution in [0.1, 0.15) is 24.7 Å². The molecule has 0 saturated carbocycles. The number of hydrogen-bond acceptors (Lipinski definition) is 3. The second-order valence-corrected chi connectivity index (χ2v) is 3.69. The van der Waals surface area contributed by atoms with E-state index in [0.29, 0.717) is 0 Å². The summed E-state index contributed by atoms with van der Waals surface area (Å²) in [5.74, 6) is 1.84. The van der Waals surface area contributed by atoms with Crippen LogP contribution < -0.4 is 5.32 Å². The van der Waals surface area contributed by atoms with Crippen LogP contribution in [0.25, 0.3) is 0 Å². The zero-order valence-electron chi connectivity index (χ0n) is 8.05. The van der Waals surface area contributed by atoms with Crippen molar-refractivity contribution in [3.05, 3.63) is 17.5 Å². The van der Waals surface area contributed by atoms with Crippen LogP contribution >= 0.6 is 0 Å². The molecule has 1 aromatic heterocycles. The van der Waals surface area contributed by atoms with E-state index in [4.69, 9.17) is 4.52 Å². The molecule has 3 nitrogen and oxygen atoms in total. The molecular formula is C10H16N2O. The van der Waals surface area contributed by atoms with E-state index >= 15 is 0 Å². The van der Waals surface area contributed by atoms with Gasteiger partial charge >= 0.3 is 0 Å². The minimum absolute atomic E-state index is 0.748. The maximum atomic E-state index is 5.24. The number of nitrogens with zero attached hydrogens (tertiary/aromatic N) is 1. The maximum Gasteiger partial charge on any atom is 0.140 e. The standard InChI is InChI=1S/C10H16N2O/c1-2-9-7-12-13-10(9)5-8-3-4-11-6-8/h7-8,11H,2-6H2,1H3. The van der Waals surface area contributed by atoms with E-state index in [2.05, 4.69) is 17.4 Å². The van der Waals surface area contributed by atoms with E-state index in [9.17, 15) is 0 Å². The molecule has 0 bridgehead atoms. The Morgan fingerprint density at radius 1 is 1.69 bits per heavy atom. The Balaban J connectivity index is 1.99. The zero-order chi connectivity index (χ0) is 9.10. The lowest BCUT2D eigenvalue weighted by Crippen LogP contribution is -2.11. The summed E-state index contributed by atoms with van der Waals surface area (Å²) in [5, 5.41) is 7.20. The highest BCUT2D eigenvalue weighted by atomic mass is 16.5. The van der Waals surface area contributed by atoms with Gasteiger partial charge in [0.15, 0.2) is 0 Å². The summed E-state index contributed by atoms with van der Waals surface area (Å²) in [6.07, 6.45) is 5.19. The van der Waals surface area contributed by atoms with E-state index in [1.807, 2.05) is 6.20 Å². The summed E-state index contributed by atoms with van der Waals surface area (Å²) in [7, 11) is 0. The van der Waals surface area contributed by atoms with Crippen LogP contribution in [0.2, 0.25) is 0 Å². The highest BCUT2D eigenvalue weighted by molar-refractivity contribution is 5.13. The van der Waals surface area contributed by atoms with E-state index in [0.717, 1.165) is 37.6 Å². The number of hydrogen-bond donors (Lipinski definition) is 1. The predicted molar refractivity (Wildman–Crippen MR) is 50.6 cm³/mol. The Morgan fingerprint density at radius 3 is 3.31 bits per heavy atom. The first-order chi connectivity index (χ1) is 6.40. The van der Waals surface area contributed by atoms with E-state index in [-0.39, 0.29) is 0 Å². The zero-order valence-corrected chi connectivity index (χ0v) is 8.05. The van der Waals surface area contributed by atoms with Crippen molar-refractivity contribution in [3.8, 4) is 0 Å². The summed E-state index contributed by atoms with van der Waals surface area (Å²) >= 11 is 0. The number of rotatable bonds is 3. The van der Waals surface area contributed by atoms with Crippen molar-refractivity contribution in [2.45, 2.75) is 26.2 Å². The average Bonchev–Trinajstić information content (AvgIpc) is 2.76. The molecule has 0 aliphatic carbocycles. The lowest BCUT2D eigenvalue weighted by molar-refractivity contribution is 0.362. The smallest absolute Gasteiger partial charge is 0.140 e. The predicted octanol–water partition coefficient (Wildman–Crippen LogP) is 1.39. The molecule has 1 fully saturated rings. The van der Waals surface area contributed by atoms with Crippen LogP contribution in [-0.4, -0.2) is 18.2 Å². The van der Waals surface area contributed by atoms with Crippen LogP contribution in [0.15, 0.2) is 10.7 Å². The van der Waals surface area contributed by atoms with Gasteiger partial charge in [-0.05, 0) is 31.8 Å². The minimum atomic E-state index is 0.748. The van der Waals surface area contributed by atoms with Crippen LogP contribution in [0.3, 0.4) is 0 Å². The summed E-state index contributed by atoms with van der Waals surface area (Å²) in [5.41, 5.74) is 1.27. The summed E-state index contributed by atoms with van der Waals surface area (Å²) in [6.45, 7) is 4.42. The Labute approximate surface area is 78.5 Å². The minimum Gasteiger partial charge on any atom is -0.361 e. The molecule has 1 N–H and O–H groups in total. The monoisotopic (exact) mass is 180 g/mol. The quantitative estimate of drug-likeness (QED) is 0.763. The molecule has 2 heterocycles. The first kappa shape index (κ1) is 8.75. The lowest BCUT2D eigenvalue weighted by Gasteiger charge is -2.05. The normalized spacial score (nSPS) is 22.4. The summed E-state index contributed by atoms with van der Waals surface area (Å²) in [6, 6.07) is 0. The van der Waals surface area contributed by atoms with Gasteiger partial charge < -0.3 is 9.84 Å². The SMILES string of the molecule is CCc1cnoc1CC1CCNC1. The van der Waals surface area contributed by atoms with Crippen molar-refractivity contribution in [2.24, 2.45) is 5.92 Å². The van der Waals surface area contributed by atoms with Crippen LogP contribution in [0.4, 0.5) is 0 Å². The van der Waals surface area contributed by atoms with Gasteiger partial charge in [-0.3, -0.25) is 0 Å². The molecule has 1 aliphatic heterocycles. The number of nitrogens with one attached hydrogen (secondary N) is 1. The molecule has 0 spiro atoms. The molecule has 0 aromatic carbocycles. The van der Waals surface area contributed by atoms with Gasteiger partial charge in [0, 0.05) is 12.0 Å². The van der Waals surface area contributed by atoms with Gasteiger partial charge in [0.25, 0.3) is 0 Å². The van der Waals surface area contributed by atoms with Gasteiger partial charge in [-0.1, -0.05) is 12.1 Å². The molecule has 1 aromatic rings. The van der Waals surface area contributed by atoms with Gasteiger partial charge in [-0.2, -0.15) is 0 Å². The molecule has 72 valence electrons. The molecule has 0 amide bonds. The van der Waals surface area contributed by atoms with Gasteiger partial charge in [0.05, 0.1) is 6.20 Å². The lowest BCUT2D eigenvalue weighted by atomic mass is 10.0. The van der Waals surface area contributed by atoms with E-state index in [1.54, 1.807) is 0 Å². The second-order valence-electron chi connectivity index (χ2n) is 3.69. The Morgan fingerprint density at radius 2 is 2.62 bits per heavy atom. The molecule has 3 heteroatoms. The van der Waals surface area contributed by atoms with E-state index in [1.165, 1.54) is 12.0 Å². The van der Waals surface area contributed by atoms with Gasteiger partial charge in [0.1, 0.15) is 5.76 Å². The van der Waals surface area contributed by atoms with Crippen molar-refractivity contribution in [3.63, 3.8) is 0 Å². The third kappa shape index (κ3) is 1.91. The Hall–Kier alpha value is -0.830. The van der Waals surface area contributed by atoms with Gasteiger partial charge in [-0.15, -0.1) is 0 Å². The molecule has 1 unspecified atom stereocenters. The molecule has 13 heavy (non-hydrogen) atoms. The van der Waals surface area contributed by atoms with Gasteiger partial charge in [0.2, 0.25) is 0 Å². The largest absolute Gasteiger partial charge is 0.361 e. The van der Waals surface area contributed by atoms with Crippen LogP contribution in [-0.2, 0) is 12.8 Å². The van der Waals surface area contributed by atoms with Gasteiger partial charge in [-0.25, -0.2) is 0 Å². The Kier molecular flexibility index (Phi) is 2.64. The molecule has 1 aliphatic rings. The maximum absolute atomic E-state index is 5.24. The van der Waals surface area contributed by atoms with Crippen molar-refractivity contribution in [1.29, 1.82) is 0 Å². The Bertz CT molecular complexity index is 264.